The van der Waals surface area contributed by atoms with E-state index in [0.717, 1.165) is 11.3 Å². The lowest BCUT2D eigenvalue weighted by molar-refractivity contribution is 0.0565. The molecule has 0 saturated carbocycles. The van der Waals surface area contributed by atoms with Gasteiger partial charge in [-0.05, 0) is 33.3 Å². The number of aliphatic hydroxyl groups is 1. The number of rotatable bonds is 0. The number of amides is 1. The number of ether oxygens (including phenoxy) is 1. The largest absolute Gasteiger partial charge is 0.443 e. The average Bonchev–Trinajstić information content (AvgIpc) is 2.27. The fraction of sp³-hybridized carbons (Fsp3) is 0.500. The molecule has 0 fully saturated rings. The van der Waals surface area contributed by atoms with Gasteiger partial charge in [0.1, 0.15) is 5.60 Å². The molecule has 1 amide bonds. The Morgan fingerprint density at radius 3 is 2.72 bits per heavy atom. The first-order valence-electron chi connectivity index (χ1n) is 6.16. The van der Waals surface area contributed by atoms with Crippen LogP contribution in [0, 0.1) is 0 Å². The zero-order valence-corrected chi connectivity index (χ0v) is 11.0. The zero-order chi connectivity index (χ0) is 13.3. The molecule has 4 heteroatoms. The number of para-hydroxylation sites is 1. The number of aliphatic hydroxyl groups excluding tert-OH is 1. The summed E-state index contributed by atoms with van der Waals surface area (Å²) in [6.07, 6.45) is -0.322. The highest BCUT2D eigenvalue weighted by atomic mass is 16.6. The highest BCUT2D eigenvalue weighted by molar-refractivity contribution is 5.89. The van der Waals surface area contributed by atoms with Crippen molar-refractivity contribution in [2.45, 2.75) is 38.9 Å². The van der Waals surface area contributed by atoms with Gasteiger partial charge >= 0.3 is 6.09 Å². The number of benzene rings is 1. The van der Waals surface area contributed by atoms with Crippen LogP contribution in [0.5, 0.6) is 0 Å². The lowest BCUT2D eigenvalue weighted by atomic mass is 9.99. The molecule has 1 aliphatic rings. The lowest BCUT2D eigenvalue weighted by Gasteiger charge is -2.33. The minimum absolute atomic E-state index is 0.359. The van der Waals surface area contributed by atoms with Gasteiger partial charge in [-0.2, -0.15) is 0 Å². The molecule has 0 spiro atoms. The Balaban J connectivity index is 2.26. The Hall–Kier alpha value is -1.55. The van der Waals surface area contributed by atoms with E-state index in [1.54, 1.807) is 4.90 Å². The Morgan fingerprint density at radius 2 is 2.06 bits per heavy atom. The molecule has 0 saturated heterocycles. The molecule has 0 radical (unpaired) electrons. The summed E-state index contributed by atoms with van der Waals surface area (Å²) in [5.74, 6) is 0. The van der Waals surface area contributed by atoms with Crippen LogP contribution in [0.15, 0.2) is 24.3 Å². The predicted octanol–water partition coefficient (Wildman–Crippen LogP) is 2.87. The van der Waals surface area contributed by atoms with Gasteiger partial charge in [0, 0.05) is 12.1 Å². The third kappa shape index (κ3) is 2.64. The number of carbonyl (C=O) groups is 1. The van der Waals surface area contributed by atoms with Crippen LogP contribution in [0.1, 0.15) is 38.9 Å². The lowest BCUT2D eigenvalue weighted by Crippen LogP contribution is -2.40. The predicted molar refractivity (Wildman–Crippen MR) is 69.6 cm³/mol. The summed E-state index contributed by atoms with van der Waals surface area (Å²) in [7, 11) is 0. The molecule has 2 rings (SSSR count). The second kappa shape index (κ2) is 4.61. The third-order valence-corrected chi connectivity index (χ3v) is 2.83. The van der Waals surface area contributed by atoms with Crippen LogP contribution in [-0.4, -0.2) is 23.3 Å². The standard InChI is InChI=1S/C14H19NO3/c1-14(2,3)18-13(17)15-9-8-12(16)10-6-4-5-7-11(10)15/h4-7,12,16H,8-9H2,1-3H3. The normalized spacial score (nSPS) is 19.3. The van der Waals surface area contributed by atoms with Crippen molar-refractivity contribution >= 4 is 11.8 Å². The monoisotopic (exact) mass is 249 g/mol. The van der Waals surface area contributed by atoms with Gasteiger partial charge in [0.05, 0.1) is 11.8 Å². The van der Waals surface area contributed by atoms with Crippen LogP contribution in [0.4, 0.5) is 10.5 Å². The highest BCUT2D eigenvalue weighted by Gasteiger charge is 2.30. The maximum Gasteiger partial charge on any atom is 0.414 e. The van der Waals surface area contributed by atoms with Gasteiger partial charge in [0.2, 0.25) is 0 Å². The number of hydrogen-bond acceptors (Lipinski definition) is 3. The summed E-state index contributed by atoms with van der Waals surface area (Å²) in [6.45, 7) is 6.01. The minimum atomic E-state index is -0.512. The minimum Gasteiger partial charge on any atom is -0.443 e. The summed E-state index contributed by atoms with van der Waals surface area (Å²) in [5, 5.41) is 9.91. The first kappa shape index (κ1) is 12.9. The van der Waals surface area contributed by atoms with Crippen LogP contribution in [0.25, 0.3) is 0 Å². The van der Waals surface area contributed by atoms with Gasteiger partial charge in [-0.1, -0.05) is 18.2 Å². The quantitative estimate of drug-likeness (QED) is 0.769. The maximum atomic E-state index is 12.1. The van der Waals surface area contributed by atoms with E-state index < -0.39 is 11.7 Å². The Morgan fingerprint density at radius 1 is 1.39 bits per heavy atom. The van der Waals surface area contributed by atoms with E-state index in [0.29, 0.717) is 13.0 Å². The maximum absolute atomic E-state index is 12.1. The van der Waals surface area contributed by atoms with Crippen molar-refractivity contribution in [3.8, 4) is 0 Å². The van der Waals surface area contributed by atoms with E-state index in [4.69, 9.17) is 4.74 Å². The molecule has 4 nitrogen and oxygen atoms in total. The summed E-state index contributed by atoms with van der Waals surface area (Å²) in [6, 6.07) is 7.40. The van der Waals surface area contributed by atoms with E-state index in [2.05, 4.69) is 0 Å². The van der Waals surface area contributed by atoms with E-state index in [-0.39, 0.29) is 6.09 Å². The van der Waals surface area contributed by atoms with E-state index in [9.17, 15) is 9.90 Å². The van der Waals surface area contributed by atoms with Crippen LogP contribution < -0.4 is 4.90 Å². The first-order chi connectivity index (χ1) is 8.38. The van der Waals surface area contributed by atoms with Crippen molar-refractivity contribution in [3.05, 3.63) is 29.8 Å². The third-order valence-electron chi connectivity index (χ3n) is 2.83. The Bertz CT molecular complexity index is 451. The van der Waals surface area contributed by atoms with Crippen LogP contribution in [0.3, 0.4) is 0 Å². The van der Waals surface area contributed by atoms with Crippen molar-refractivity contribution in [3.63, 3.8) is 0 Å². The summed E-state index contributed by atoms with van der Waals surface area (Å²) in [5.41, 5.74) is 1.02. The molecular formula is C14H19NO3. The number of hydrogen-bond donors (Lipinski definition) is 1. The molecule has 0 aliphatic carbocycles. The molecule has 1 aliphatic heterocycles. The number of nitrogens with zero attached hydrogens (tertiary/aromatic N) is 1. The summed E-state index contributed by atoms with van der Waals surface area (Å²) in [4.78, 5) is 13.7. The molecule has 1 atom stereocenters. The second-order valence-corrected chi connectivity index (χ2v) is 5.50. The van der Waals surface area contributed by atoms with Crippen LogP contribution in [-0.2, 0) is 4.74 Å². The van der Waals surface area contributed by atoms with Crippen molar-refractivity contribution in [2.75, 3.05) is 11.4 Å². The average molecular weight is 249 g/mol. The van der Waals surface area contributed by atoms with Gasteiger partial charge in [-0.3, -0.25) is 4.90 Å². The molecule has 1 unspecified atom stereocenters. The molecule has 0 bridgehead atoms. The molecular weight excluding hydrogens is 230 g/mol. The fourth-order valence-corrected chi connectivity index (χ4v) is 2.05. The fourth-order valence-electron chi connectivity index (χ4n) is 2.05. The molecule has 1 heterocycles. The summed E-state index contributed by atoms with van der Waals surface area (Å²) >= 11 is 0. The number of carbonyl (C=O) groups excluding carboxylic acids is 1. The molecule has 1 aromatic rings. The second-order valence-electron chi connectivity index (χ2n) is 5.50. The van der Waals surface area contributed by atoms with E-state index >= 15 is 0 Å². The topological polar surface area (TPSA) is 49.8 Å². The number of fused-ring (bicyclic) bond motifs is 1. The van der Waals surface area contributed by atoms with Crippen LogP contribution >= 0.6 is 0 Å². The molecule has 1 N–H and O–H groups in total. The van der Waals surface area contributed by atoms with Gasteiger partial charge in [0.25, 0.3) is 0 Å². The van der Waals surface area contributed by atoms with Gasteiger partial charge in [0.15, 0.2) is 0 Å². The van der Waals surface area contributed by atoms with Crippen LogP contribution in [0.2, 0.25) is 0 Å². The molecule has 0 aromatic heterocycles. The van der Waals surface area contributed by atoms with Crippen molar-refractivity contribution < 1.29 is 14.6 Å². The molecule has 1 aromatic carbocycles. The Labute approximate surface area is 107 Å². The molecule has 98 valence electrons. The first-order valence-corrected chi connectivity index (χ1v) is 6.16. The Kier molecular flexibility index (Phi) is 3.30. The smallest absolute Gasteiger partial charge is 0.414 e. The SMILES string of the molecule is CC(C)(C)OC(=O)N1CCC(O)c2ccccc21. The van der Waals surface area contributed by atoms with Crippen molar-refractivity contribution in [1.82, 2.24) is 0 Å². The zero-order valence-electron chi connectivity index (χ0n) is 11.0. The molecule has 18 heavy (non-hydrogen) atoms. The number of anilines is 1. The van der Waals surface area contributed by atoms with Crippen molar-refractivity contribution in [1.29, 1.82) is 0 Å². The highest BCUT2D eigenvalue weighted by Crippen LogP contribution is 2.34. The van der Waals surface area contributed by atoms with Crippen molar-refractivity contribution in [2.24, 2.45) is 0 Å². The van der Waals surface area contributed by atoms with Gasteiger partial charge in [-0.25, -0.2) is 4.79 Å². The van der Waals surface area contributed by atoms with Gasteiger partial charge in [-0.15, -0.1) is 0 Å². The van der Waals surface area contributed by atoms with E-state index in [1.807, 2.05) is 45.0 Å². The van der Waals surface area contributed by atoms with Gasteiger partial charge < -0.3 is 9.84 Å². The van der Waals surface area contributed by atoms with E-state index in [1.165, 1.54) is 0 Å². The summed E-state index contributed by atoms with van der Waals surface area (Å²) < 4.78 is 5.37.